The molecule has 2 heterocycles. The molecular weight excluding hydrogens is 562 g/mol. The Morgan fingerprint density at radius 1 is 1.21 bits per heavy atom. The number of benzene rings is 1. The molecule has 1 aliphatic rings. The number of nitrogens with zero attached hydrogens (tertiary/aromatic N) is 4. The van der Waals surface area contributed by atoms with Crippen molar-refractivity contribution >= 4 is 54.8 Å². The Kier molecular flexibility index (Phi) is 11.2. The van der Waals surface area contributed by atoms with Crippen molar-refractivity contribution in [1.29, 1.82) is 0 Å². The number of rotatable bonds is 7. The zero-order valence-electron chi connectivity index (χ0n) is 20.6. The van der Waals surface area contributed by atoms with Crippen molar-refractivity contribution in [1.82, 2.24) is 14.7 Å². The van der Waals surface area contributed by atoms with Crippen LogP contribution in [-0.2, 0) is 11.3 Å². The molecule has 1 aromatic carbocycles. The van der Waals surface area contributed by atoms with E-state index in [1.54, 1.807) is 11.8 Å². The summed E-state index contributed by atoms with van der Waals surface area (Å²) in [6.45, 7) is 11.0. The molecule has 2 N–H and O–H groups in total. The monoisotopic (exact) mass is 595 g/mol. The molecule has 1 aliphatic heterocycles. The van der Waals surface area contributed by atoms with Crippen molar-refractivity contribution in [2.75, 3.05) is 43.9 Å². The topological polar surface area (TPSA) is 76.6 Å². The summed E-state index contributed by atoms with van der Waals surface area (Å²) in [4.78, 5) is 17.2. The Morgan fingerprint density at radius 2 is 1.88 bits per heavy atom. The van der Waals surface area contributed by atoms with Crippen molar-refractivity contribution in [3.8, 4) is 5.75 Å². The van der Waals surface area contributed by atoms with Crippen LogP contribution in [0.2, 0.25) is 0 Å². The summed E-state index contributed by atoms with van der Waals surface area (Å²) in [6, 6.07) is 6.06. The minimum absolute atomic E-state index is 0.0330. The average molecular weight is 597 g/mol. The fraction of sp³-hybridized carbons (Fsp3) is 0.440. The van der Waals surface area contributed by atoms with Gasteiger partial charge in [0, 0.05) is 37.9 Å². The minimum atomic E-state index is 0.0330. The first-order valence-electron chi connectivity index (χ1n) is 11.6. The lowest BCUT2D eigenvalue weighted by molar-refractivity contribution is -0.132. The van der Waals surface area contributed by atoms with Crippen LogP contribution in [0.1, 0.15) is 39.8 Å². The van der Waals surface area contributed by atoms with Gasteiger partial charge in [-0.15, -0.1) is 0 Å². The molecule has 0 aliphatic carbocycles. The van der Waals surface area contributed by atoms with Gasteiger partial charge in [0.25, 0.3) is 0 Å². The maximum Gasteiger partial charge on any atom is 0.244 e. The number of hydrogen-bond donors (Lipinski definition) is 1. The molecular formula is C25H35Br2N5O2. The fourth-order valence-electron chi connectivity index (χ4n) is 3.78. The molecule has 0 atom stereocenters. The van der Waals surface area contributed by atoms with Gasteiger partial charge in [0.1, 0.15) is 12.3 Å². The lowest BCUT2D eigenvalue weighted by atomic mass is 10.1. The molecule has 34 heavy (non-hydrogen) atoms. The number of nitrogen functional groups attached to an aromatic ring is 1. The van der Waals surface area contributed by atoms with E-state index in [1.165, 1.54) is 0 Å². The first-order chi connectivity index (χ1) is 16.4. The van der Waals surface area contributed by atoms with Crippen molar-refractivity contribution in [2.24, 2.45) is 0 Å². The first kappa shape index (κ1) is 28.0. The molecule has 0 unspecified atom stereocenters. The van der Waals surface area contributed by atoms with E-state index in [2.05, 4.69) is 60.9 Å². The van der Waals surface area contributed by atoms with E-state index in [-0.39, 0.29) is 12.5 Å². The zero-order chi connectivity index (χ0) is 25.3. The Balaban J connectivity index is 0.00000199. The maximum atomic E-state index is 13.1. The molecule has 1 saturated heterocycles. The number of methoxy groups -OCH3 is 1. The van der Waals surface area contributed by atoms with Crippen LogP contribution in [-0.4, -0.2) is 53.9 Å². The van der Waals surface area contributed by atoms with Gasteiger partial charge in [-0.3, -0.25) is 9.48 Å². The number of allylic oxidation sites excluding steroid dienone is 4. The number of amides is 1. The van der Waals surface area contributed by atoms with Gasteiger partial charge in [-0.1, -0.05) is 39.0 Å². The van der Waals surface area contributed by atoms with E-state index in [4.69, 9.17) is 10.5 Å². The summed E-state index contributed by atoms with van der Waals surface area (Å²) in [5.41, 5.74) is 8.98. The molecule has 0 spiro atoms. The molecule has 186 valence electrons. The van der Waals surface area contributed by atoms with Crippen LogP contribution < -0.4 is 15.4 Å². The van der Waals surface area contributed by atoms with Gasteiger partial charge in [-0.2, -0.15) is 5.10 Å². The zero-order valence-corrected chi connectivity index (χ0v) is 23.8. The predicted octanol–water partition coefficient (Wildman–Crippen LogP) is 5.74. The molecule has 1 amide bonds. The number of ether oxygens (including phenoxy) is 1. The van der Waals surface area contributed by atoms with Gasteiger partial charge in [0.15, 0.2) is 5.82 Å². The lowest BCUT2D eigenvalue weighted by Gasteiger charge is -2.36. The molecule has 3 rings (SSSR count). The second-order valence-corrected chi connectivity index (χ2v) is 9.11. The maximum absolute atomic E-state index is 13.1. The van der Waals surface area contributed by atoms with Gasteiger partial charge < -0.3 is 20.3 Å². The third kappa shape index (κ3) is 6.66. The molecule has 0 radical (unpaired) electrons. The van der Waals surface area contributed by atoms with Crippen molar-refractivity contribution in [3.63, 3.8) is 0 Å². The number of aromatic nitrogens is 2. The number of piperazine rings is 1. The highest BCUT2D eigenvalue weighted by Gasteiger charge is 2.24. The third-order valence-electron chi connectivity index (χ3n) is 5.38. The molecule has 0 bridgehead atoms. The van der Waals surface area contributed by atoms with Crippen LogP contribution in [0.15, 0.2) is 45.4 Å². The van der Waals surface area contributed by atoms with Gasteiger partial charge >= 0.3 is 0 Å². The van der Waals surface area contributed by atoms with E-state index < -0.39 is 0 Å². The smallest absolute Gasteiger partial charge is 0.244 e. The van der Waals surface area contributed by atoms with Crippen LogP contribution in [0.4, 0.5) is 11.5 Å². The Hall–Kier alpha value is -2.26. The molecule has 7 nitrogen and oxygen atoms in total. The van der Waals surface area contributed by atoms with Crippen molar-refractivity contribution in [2.45, 2.75) is 40.7 Å². The van der Waals surface area contributed by atoms with E-state index in [9.17, 15) is 4.79 Å². The lowest BCUT2D eigenvalue weighted by Crippen LogP contribution is -2.49. The molecule has 1 fully saturated rings. The number of hydrogen-bond acceptors (Lipinski definition) is 5. The molecule has 0 saturated carbocycles. The van der Waals surface area contributed by atoms with E-state index in [0.717, 1.165) is 51.2 Å². The highest BCUT2D eigenvalue weighted by Crippen LogP contribution is 2.32. The summed E-state index contributed by atoms with van der Waals surface area (Å²) in [6.07, 6.45) is 6.96. The van der Waals surface area contributed by atoms with Crippen LogP contribution in [0.5, 0.6) is 5.75 Å². The Morgan fingerprint density at radius 3 is 2.47 bits per heavy atom. The van der Waals surface area contributed by atoms with Gasteiger partial charge in [0.05, 0.1) is 21.7 Å². The van der Waals surface area contributed by atoms with E-state index in [1.807, 2.05) is 50.0 Å². The largest absolute Gasteiger partial charge is 0.495 e. The molecule has 9 heteroatoms. The Bertz CT molecular complexity index is 1020. The number of carbonyl (C=O) groups is 1. The SMILES string of the molecule is C/C=C\C(=C/CC)c1c(Br)c(N)nn1CC(=O)N1CCN(c2ccc(Br)c(OC)c2)CC1.CC. The van der Waals surface area contributed by atoms with Gasteiger partial charge in [-0.05, 0) is 62.9 Å². The number of halogens is 2. The summed E-state index contributed by atoms with van der Waals surface area (Å²) >= 11 is 7.04. The Labute approximate surface area is 219 Å². The molecule has 1 aromatic heterocycles. The number of anilines is 2. The summed E-state index contributed by atoms with van der Waals surface area (Å²) in [7, 11) is 1.66. The highest BCUT2D eigenvalue weighted by atomic mass is 79.9. The van der Waals surface area contributed by atoms with Gasteiger partial charge in [0.2, 0.25) is 5.91 Å². The molecule has 2 aromatic rings. The van der Waals surface area contributed by atoms with Crippen LogP contribution >= 0.6 is 31.9 Å². The fourth-order valence-corrected chi connectivity index (χ4v) is 4.70. The quantitative estimate of drug-likeness (QED) is 0.412. The highest BCUT2D eigenvalue weighted by molar-refractivity contribution is 9.11. The average Bonchev–Trinajstić information content (AvgIpc) is 3.13. The summed E-state index contributed by atoms with van der Waals surface area (Å²) in [5, 5.41) is 4.42. The van der Waals surface area contributed by atoms with Crippen LogP contribution in [0.3, 0.4) is 0 Å². The van der Waals surface area contributed by atoms with Gasteiger partial charge in [-0.25, -0.2) is 0 Å². The van der Waals surface area contributed by atoms with Crippen molar-refractivity contribution in [3.05, 3.63) is 51.1 Å². The van der Waals surface area contributed by atoms with Crippen LogP contribution in [0.25, 0.3) is 5.57 Å². The summed E-state index contributed by atoms with van der Waals surface area (Å²) in [5.74, 6) is 1.21. The standard InChI is InChI=1S/C23H29Br2N5O2.C2H6/c1-4-6-16(7-5-2)22-21(25)23(26)27-30(22)15-20(31)29-12-10-28(11-13-29)17-8-9-18(24)19(14-17)32-3;1-2/h4,6-9,14H,5,10-13,15H2,1-3H3,(H2,26,27);1-2H3/b6-4-,16-7+;. The second kappa shape index (κ2) is 13.6. The third-order valence-corrected chi connectivity index (χ3v) is 6.82. The van der Waals surface area contributed by atoms with E-state index >= 15 is 0 Å². The first-order valence-corrected chi connectivity index (χ1v) is 13.2. The van der Waals surface area contributed by atoms with Crippen molar-refractivity contribution < 1.29 is 9.53 Å². The minimum Gasteiger partial charge on any atom is -0.495 e. The number of carbonyl (C=O) groups excluding carboxylic acids is 1. The normalized spacial score (nSPS) is 14.3. The number of nitrogens with two attached hydrogens (primary N) is 1. The predicted molar refractivity (Wildman–Crippen MR) is 148 cm³/mol. The van der Waals surface area contributed by atoms with E-state index in [0.29, 0.717) is 18.9 Å². The second-order valence-electron chi connectivity index (χ2n) is 7.46. The van der Waals surface area contributed by atoms with Crippen LogP contribution in [0, 0.1) is 0 Å². The summed E-state index contributed by atoms with van der Waals surface area (Å²) < 4.78 is 8.75.